The highest BCUT2D eigenvalue weighted by molar-refractivity contribution is 6.30. The Balaban J connectivity index is 1.39. The van der Waals surface area contributed by atoms with E-state index in [1.807, 2.05) is 30.3 Å². The molecule has 0 aliphatic carbocycles. The molecule has 2 atom stereocenters. The van der Waals surface area contributed by atoms with Gasteiger partial charge < -0.3 is 24.6 Å². The number of methoxy groups -OCH3 is 1. The first-order valence-corrected chi connectivity index (χ1v) is 10.1. The maximum Gasteiger partial charge on any atom is 0.126 e. The molecule has 0 unspecified atom stereocenters. The number of hydrogen-bond acceptors (Lipinski definition) is 5. The van der Waals surface area contributed by atoms with Gasteiger partial charge in [0.1, 0.15) is 17.1 Å². The van der Waals surface area contributed by atoms with Crippen molar-refractivity contribution in [1.29, 1.82) is 0 Å². The molecule has 4 rings (SSSR count). The molecule has 28 heavy (non-hydrogen) atoms. The highest BCUT2D eigenvalue weighted by Crippen LogP contribution is 2.45. The van der Waals surface area contributed by atoms with Crippen LogP contribution in [0.25, 0.3) is 0 Å². The molecule has 1 saturated heterocycles. The topological polar surface area (TPSA) is 62.2 Å². The average Bonchev–Trinajstić information content (AvgIpc) is 2.70. The maximum absolute atomic E-state index is 10.7. The summed E-state index contributed by atoms with van der Waals surface area (Å²) in [5.41, 5.74) is 1.32. The maximum atomic E-state index is 10.7. The van der Waals surface area contributed by atoms with E-state index < -0.39 is 12.2 Å². The highest BCUT2D eigenvalue weighted by Gasteiger charge is 2.43. The third-order valence-corrected chi connectivity index (χ3v) is 6.17. The van der Waals surface area contributed by atoms with Crippen LogP contribution in [-0.4, -0.2) is 47.5 Å². The van der Waals surface area contributed by atoms with Gasteiger partial charge in [-0.05, 0) is 48.7 Å². The summed E-state index contributed by atoms with van der Waals surface area (Å²) in [6.45, 7) is 2.22. The average molecular weight is 404 g/mol. The second kappa shape index (κ2) is 7.91. The lowest BCUT2D eigenvalue weighted by atomic mass is 9.81. The van der Waals surface area contributed by atoms with E-state index in [0.29, 0.717) is 18.0 Å². The van der Waals surface area contributed by atoms with E-state index in [1.54, 1.807) is 19.2 Å². The fraction of sp³-hybridized carbons (Fsp3) is 0.455. The lowest BCUT2D eigenvalue weighted by Gasteiger charge is -2.46. The van der Waals surface area contributed by atoms with Crippen LogP contribution in [-0.2, 0) is 0 Å². The Morgan fingerprint density at radius 2 is 1.93 bits per heavy atom. The first-order chi connectivity index (χ1) is 13.5. The molecule has 2 aliphatic heterocycles. The smallest absolute Gasteiger partial charge is 0.126 e. The van der Waals surface area contributed by atoms with Crippen LogP contribution in [0.3, 0.4) is 0 Å². The Labute approximate surface area is 170 Å². The number of rotatable bonds is 4. The van der Waals surface area contributed by atoms with Gasteiger partial charge in [-0.3, -0.25) is 0 Å². The molecule has 2 N–H and O–H groups in total. The Bertz CT molecular complexity index is 818. The molecule has 2 aliphatic rings. The van der Waals surface area contributed by atoms with Crippen molar-refractivity contribution in [3.05, 3.63) is 58.6 Å². The zero-order valence-electron chi connectivity index (χ0n) is 16.0. The Morgan fingerprint density at radius 1 is 1.21 bits per heavy atom. The van der Waals surface area contributed by atoms with Crippen LogP contribution < -0.4 is 9.47 Å². The minimum Gasteiger partial charge on any atom is -0.497 e. The summed E-state index contributed by atoms with van der Waals surface area (Å²) < 4.78 is 11.6. The monoisotopic (exact) mass is 403 g/mol. The van der Waals surface area contributed by atoms with E-state index in [4.69, 9.17) is 21.1 Å². The zero-order chi connectivity index (χ0) is 19.7. The number of fused-ring (bicyclic) bond motifs is 1. The second-order valence-electron chi connectivity index (χ2n) is 7.78. The molecular formula is C22H26ClNO4. The third kappa shape index (κ3) is 3.98. The first-order valence-electron chi connectivity index (χ1n) is 9.69. The molecule has 5 nitrogen and oxygen atoms in total. The molecule has 0 aromatic heterocycles. The van der Waals surface area contributed by atoms with Crippen LogP contribution in [0.2, 0.25) is 5.02 Å². The van der Waals surface area contributed by atoms with Crippen molar-refractivity contribution in [3.63, 3.8) is 0 Å². The van der Waals surface area contributed by atoms with Gasteiger partial charge in [-0.15, -0.1) is 0 Å². The van der Waals surface area contributed by atoms with Gasteiger partial charge in [0, 0.05) is 36.6 Å². The molecule has 6 heteroatoms. The van der Waals surface area contributed by atoms with Gasteiger partial charge in [0.25, 0.3) is 0 Å². The largest absolute Gasteiger partial charge is 0.497 e. The van der Waals surface area contributed by atoms with Crippen molar-refractivity contribution in [1.82, 2.24) is 4.90 Å². The number of β-amino-alcohol motifs (C(OH)–C–C–N with tert-alkyl or cyclic N) is 1. The van der Waals surface area contributed by atoms with Crippen LogP contribution in [0.4, 0.5) is 0 Å². The first kappa shape index (κ1) is 19.5. The summed E-state index contributed by atoms with van der Waals surface area (Å²) in [6, 6.07) is 12.9. The van der Waals surface area contributed by atoms with Gasteiger partial charge in [-0.2, -0.15) is 0 Å². The zero-order valence-corrected chi connectivity index (χ0v) is 16.7. The van der Waals surface area contributed by atoms with Crippen molar-refractivity contribution in [2.24, 2.45) is 0 Å². The molecule has 0 amide bonds. The van der Waals surface area contributed by atoms with Crippen molar-refractivity contribution < 1.29 is 19.7 Å². The normalized spacial score (nSPS) is 22.4. The molecule has 0 bridgehead atoms. The van der Waals surface area contributed by atoms with Crippen molar-refractivity contribution >= 4 is 11.6 Å². The number of aliphatic hydroxyl groups is 2. The van der Waals surface area contributed by atoms with Crippen LogP contribution in [0, 0.1) is 0 Å². The number of benzene rings is 2. The predicted molar refractivity (Wildman–Crippen MR) is 108 cm³/mol. The standard InChI is InChI=1S/C22H26ClNO4/c1-27-17-6-7-21-18(12-17)19(25)13-22(28-21)8-10-24(11-9-22)14-20(26)15-2-4-16(23)5-3-15/h2-7,12,19-20,25-26H,8-11,13-14H2,1H3/t19-,20+/m0/s1. The summed E-state index contributed by atoms with van der Waals surface area (Å²) >= 11 is 5.92. The molecule has 2 aromatic carbocycles. The van der Waals surface area contributed by atoms with Gasteiger partial charge in [0.15, 0.2) is 0 Å². The number of piperidine rings is 1. The minimum atomic E-state index is -0.551. The molecule has 0 saturated carbocycles. The Morgan fingerprint density at radius 3 is 2.61 bits per heavy atom. The van der Waals surface area contributed by atoms with Gasteiger partial charge in [0.05, 0.1) is 19.3 Å². The van der Waals surface area contributed by atoms with E-state index in [-0.39, 0.29) is 5.60 Å². The number of aliphatic hydroxyl groups excluding tert-OH is 2. The van der Waals surface area contributed by atoms with Crippen LogP contribution in [0.5, 0.6) is 11.5 Å². The SMILES string of the molecule is COc1ccc2c(c1)[C@@H](O)CC1(CCN(C[C@@H](O)c3ccc(Cl)cc3)CC1)O2. The van der Waals surface area contributed by atoms with Gasteiger partial charge in [-0.25, -0.2) is 0 Å². The summed E-state index contributed by atoms with van der Waals surface area (Å²) in [6.07, 6.45) is 1.13. The molecule has 1 fully saturated rings. The lowest BCUT2D eigenvalue weighted by molar-refractivity contribution is -0.0588. The van der Waals surface area contributed by atoms with Crippen LogP contribution in [0.15, 0.2) is 42.5 Å². The number of hydrogen-bond donors (Lipinski definition) is 2. The van der Waals surface area contributed by atoms with Crippen LogP contribution in [0.1, 0.15) is 42.6 Å². The predicted octanol–water partition coefficient (Wildman–Crippen LogP) is 3.73. The second-order valence-corrected chi connectivity index (χ2v) is 8.21. The van der Waals surface area contributed by atoms with Crippen molar-refractivity contribution in [2.45, 2.75) is 37.1 Å². The van der Waals surface area contributed by atoms with E-state index in [0.717, 1.165) is 48.6 Å². The van der Waals surface area contributed by atoms with Crippen molar-refractivity contribution in [2.75, 3.05) is 26.7 Å². The van der Waals surface area contributed by atoms with Crippen molar-refractivity contribution in [3.8, 4) is 11.5 Å². The van der Waals surface area contributed by atoms with E-state index in [1.165, 1.54) is 0 Å². The molecule has 150 valence electrons. The quantitative estimate of drug-likeness (QED) is 0.814. The number of likely N-dealkylation sites (tertiary alicyclic amines) is 1. The van der Waals surface area contributed by atoms with Gasteiger partial charge >= 0.3 is 0 Å². The fourth-order valence-electron chi connectivity index (χ4n) is 4.23. The summed E-state index contributed by atoms with van der Waals surface area (Å²) in [5.74, 6) is 1.47. The van der Waals surface area contributed by atoms with Gasteiger partial charge in [0.2, 0.25) is 0 Å². The third-order valence-electron chi connectivity index (χ3n) is 5.92. The van der Waals surface area contributed by atoms with E-state index >= 15 is 0 Å². The molecule has 2 aromatic rings. The minimum absolute atomic E-state index is 0.345. The molecule has 1 spiro atoms. The molecular weight excluding hydrogens is 378 g/mol. The molecule has 2 heterocycles. The highest BCUT2D eigenvalue weighted by atomic mass is 35.5. The summed E-state index contributed by atoms with van der Waals surface area (Å²) in [4.78, 5) is 2.25. The summed E-state index contributed by atoms with van der Waals surface area (Å²) in [7, 11) is 1.62. The number of halogens is 1. The number of nitrogens with zero attached hydrogens (tertiary/aromatic N) is 1. The number of ether oxygens (including phenoxy) is 2. The summed E-state index contributed by atoms with van der Waals surface area (Å²) in [5, 5.41) is 21.9. The lowest BCUT2D eigenvalue weighted by Crippen LogP contribution is -2.51. The Kier molecular flexibility index (Phi) is 5.52. The van der Waals surface area contributed by atoms with E-state index in [2.05, 4.69) is 4.90 Å². The Hall–Kier alpha value is -1.79. The fourth-order valence-corrected chi connectivity index (χ4v) is 4.35. The van der Waals surface area contributed by atoms with E-state index in [9.17, 15) is 10.2 Å². The molecule has 0 radical (unpaired) electrons. The van der Waals surface area contributed by atoms with Crippen LogP contribution >= 0.6 is 11.6 Å². The van der Waals surface area contributed by atoms with Gasteiger partial charge in [-0.1, -0.05) is 23.7 Å².